The summed E-state index contributed by atoms with van der Waals surface area (Å²) in [7, 11) is 1.71. The first-order valence-corrected chi connectivity index (χ1v) is 12.5. The zero-order valence-corrected chi connectivity index (χ0v) is 21.4. The van der Waals surface area contributed by atoms with Crippen LogP contribution in [0.4, 0.5) is 5.82 Å². The fourth-order valence-electron chi connectivity index (χ4n) is 5.02. The average Bonchev–Trinajstić information content (AvgIpc) is 3.28. The SMILES string of the molecule is CC(C)Cc1nn(C)c(=O)c2c(-c3cccc(CO)c3)n(Cc3cnc(NCN)c4ccccc34)cc12. The molecule has 0 bridgehead atoms. The van der Waals surface area contributed by atoms with Crippen LogP contribution in [0.3, 0.4) is 0 Å². The molecule has 0 saturated carbocycles. The minimum atomic E-state index is -0.142. The van der Waals surface area contributed by atoms with Gasteiger partial charge in [-0.3, -0.25) is 4.79 Å². The van der Waals surface area contributed by atoms with Gasteiger partial charge in [-0.15, -0.1) is 0 Å². The van der Waals surface area contributed by atoms with Crippen LogP contribution in [0.5, 0.6) is 0 Å². The number of hydrogen-bond acceptors (Lipinski definition) is 6. The van der Waals surface area contributed by atoms with Crippen LogP contribution in [0.15, 0.2) is 65.7 Å². The van der Waals surface area contributed by atoms with Crippen LogP contribution in [-0.2, 0) is 26.6 Å². The lowest BCUT2D eigenvalue weighted by molar-refractivity contribution is 0.282. The molecule has 0 radical (unpaired) electrons. The number of benzene rings is 2. The molecule has 0 amide bonds. The normalized spacial score (nSPS) is 11.6. The van der Waals surface area contributed by atoms with Crippen LogP contribution in [0.25, 0.3) is 32.8 Å². The summed E-state index contributed by atoms with van der Waals surface area (Å²) in [5, 5.41) is 21.1. The van der Waals surface area contributed by atoms with Gasteiger partial charge < -0.3 is 20.7 Å². The van der Waals surface area contributed by atoms with E-state index >= 15 is 0 Å². The third-order valence-corrected chi connectivity index (χ3v) is 6.64. The number of aliphatic hydroxyl groups excluding tert-OH is 1. The smallest absolute Gasteiger partial charge is 0.276 e. The van der Waals surface area contributed by atoms with E-state index in [1.807, 2.05) is 54.9 Å². The Morgan fingerprint density at radius 1 is 1.08 bits per heavy atom. The lowest BCUT2D eigenvalue weighted by atomic mass is 10.0. The van der Waals surface area contributed by atoms with E-state index in [1.54, 1.807) is 7.05 Å². The highest BCUT2D eigenvalue weighted by molar-refractivity contribution is 5.97. The summed E-state index contributed by atoms with van der Waals surface area (Å²) in [6, 6.07) is 15.8. The first-order valence-electron chi connectivity index (χ1n) is 12.5. The minimum absolute atomic E-state index is 0.0746. The molecule has 5 aromatic rings. The van der Waals surface area contributed by atoms with Gasteiger partial charge in [-0.05, 0) is 40.5 Å². The first kappa shape index (κ1) is 24.7. The number of aromatic nitrogens is 4. The second kappa shape index (κ2) is 10.2. The predicted octanol–water partition coefficient (Wildman–Crippen LogP) is 4.02. The summed E-state index contributed by atoms with van der Waals surface area (Å²) in [5.41, 5.74) is 9.98. The number of anilines is 1. The van der Waals surface area contributed by atoms with Gasteiger partial charge in [-0.2, -0.15) is 5.10 Å². The molecule has 8 heteroatoms. The Bertz CT molecular complexity index is 1650. The van der Waals surface area contributed by atoms with E-state index in [-0.39, 0.29) is 12.2 Å². The number of pyridine rings is 1. The van der Waals surface area contributed by atoms with Crippen molar-refractivity contribution in [1.82, 2.24) is 19.3 Å². The molecule has 3 aromatic heterocycles. The summed E-state index contributed by atoms with van der Waals surface area (Å²) >= 11 is 0. The fraction of sp³-hybridized carbons (Fsp3) is 0.276. The molecule has 4 N–H and O–H groups in total. The van der Waals surface area contributed by atoms with E-state index in [0.29, 0.717) is 24.5 Å². The molecule has 37 heavy (non-hydrogen) atoms. The van der Waals surface area contributed by atoms with Gasteiger partial charge in [0.25, 0.3) is 5.56 Å². The van der Waals surface area contributed by atoms with E-state index in [4.69, 9.17) is 5.73 Å². The van der Waals surface area contributed by atoms with Crippen LogP contribution in [0.1, 0.15) is 30.7 Å². The van der Waals surface area contributed by atoms with Gasteiger partial charge in [-0.1, -0.05) is 56.3 Å². The molecular formula is C29H32N6O2. The van der Waals surface area contributed by atoms with E-state index in [0.717, 1.165) is 56.5 Å². The number of nitrogens with one attached hydrogen (secondary N) is 1. The van der Waals surface area contributed by atoms with Crippen LogP contribution in [-0.4, -0.2) is 31.1 Å². The Morgan fingerprint density at radius 2 is 1.86 bits per heavy atom. The Balaban J connectivity index is 1.78. The standard InChI is InChI=1S/C29H32N6O2/c1-18(2)11-25-24-15-35(14-21-13-31-28(32-17-30)23-10-5-4-9-22(21)23)27(26(24)29(37)34(3)33-25)20-8-6-7-19(12-20)16-36/h4-10,12-13,15,18,36H,11,14,16-17,30H2,1-3H3,(H,31,32). The second-order valence-electron chi connectivity index (χ2n) is 9.78. The Kier molecular flexibility index (Phi) is 6.78. The minimum Gasteiger partial charge on any atom is -0.392 e. The topological polar surface area (TPSA) is 111 Å². The van der Waals surface area contributed by atoms with Crippen molar-refractivity contribution in [3.63, 3.8) is 0 Å². The molecule has 0 aliphatic rings. The molecule has 190 valence electrons. The van der Waals surface area contributed by atoms with E-state index in [1.165, 1.54) is 4.68 Å². The maximum atomic E-state index is 13.5. The van der Waals surface area contributed by atoms with Gasteiger partial charge in [0.05, 0.1) is 30.0 Å². The van der Waals surface area contributed by atoms with E-state index in [9.17, 15) is 9.90 Å². The highest BCUT2D eigenvalue weighted by atomic mass is 16.3. The third kappa shape index (κ3) is 4.61. The van der Waals surface area contributed by atoms with Crippen LogP contribution in [0, 0.1) is 5.92 Å². The highest BCUT2D eigenvalue weighted by Gasteiger charge is 2.21. The fourth-order valence-corrected chi connectivity index (χ4v) is 5.02. The van der Waals surface area contributed by atoms with Crippen molar-refractivity contribution in [2.45, 2.75) is 33.4 Å². The molecule has 0 unspecified atom stereocenters. The molecule has 8 nitrogen and oxygen atoms in total. The van der Waals surface area contributed by atoms with Crippen molar-refractivity contribution in [2.24, 2.45) is 18.7 Å². The van der Waals surface area contributed by atoms with Crippen molar-refractivity contribution in [1.29, 1.82) is 0 Å². The Morgan fingerprint density at radius 3 is 2.59 bits per heavy atom. The van der Waals surface area contributed by atoms with Gasteiger partial charge in [0.15, 0.2) is 0 Å². The molecule has 0 saturated heterocycles. The molecular weight excluding hydrogens is 464 g/mol. The molecule has 5 rings (SSSR count). The Labute approximate surface area is 215 Å². The predicted molar refractivity (Wildman–Crippen MR) is 148 cm³/mol. The molecule has 0 spiro atoms. The number of nitrogens with zero attached hydrogens (tertiary/aromatic N) is 4. The van der Waals surface area contributed by atoms with Crippen molar-refractivity contribution < 1.29 is 5.11 Å². The average molecular weight is 497 g/mol. The lowest BCUT2D eigenvalue weighted by Crippen LogP contribution is -2.22. The summed E-state index contributed by atoms with van der Waals surface area (Å²) < 4.78 is 3.56. The molecule has 0 aliphatic carbocycles. The number of aliphatic hydroxyl groups is 1. The maximum Gasteiger partial charge on any atom is 0.276 e. The number of aryl methyl sites for hydroxylation is 1. The Hall–Kier alpha value is -4.01. The van der Waals surface area contributed by atoms with Crippen LogP contribution >= 0.6 is 0 Å². The van der Waals surface area contributed by atoms with Crippen molar-refractivity contribution in [3.05, 3.63) is 88.1 Å². The number of rotatable bonds is 8. The third-order valence-electron chi connectivity index (χ3n) is 6.64. The van der Waals surface area contributed by atoms with Crippen molar-refractivity contribution in [3.8, 4) is 11.3 Å². The molecule has 3 heterocycles. The highest BCUT2D eigenvalue weighted by Crippen LogP contribution is 2.33. The van der Waals surface area contributed by atoms with Crippen LogP contribution < -0.4 is 16.6 Å². The molecule has 0 fully saturated rings. The van der Waals surface area contributed by atoms with Gasteiger partial charge in [0, 0.05) is 36.8 Å². The van der Waals surface area contributed by atoms with Gasteiger partial charge in [-0.25, -0.2) is 9.67 Å². The van der Waals surface area contributed by atoms with Gasteiger partial charge >= 0.3 is 0 Å². The summed E-state index contributed by atoms with van der Waals surface area (Å²) in [4.78, 5) is 18.2. The number of nitrogens with two attached hydrogens (primary N) is 1. The van der Waals surface area contributed by atoms with E-state index < -0.39 is 0 Å². The largest absolute Gasteiger partial charge is 0.392 e. The second-order valence-corrected chi connectivity index (χ2v) is 9.78. The summed E-state index contributed by atoms with van der Waals surface area (Å²) in [6.45, 7) is 5.02. The quantitative estimate of drug-likeness (QED) is 0.280. The zero-order valence-electron chi connectivity index (χ0n) is 21.4. The maximum absolute atomic E-state index is 13.5. The zero-order chi connectivity index (χ0) is 26.1. The monoisotopic (exact) mass is 496 g/mol. The molecule has 0 atom stereocenters. The van der Waals surface area contributed by atoms with Crippen molar-refractivity contribution >= 4 is 27.4 Å². The number of fused-ring (bicyclic) bond motifs is 2. The molecule has 2 aromatic carbocycles. The van der Waals surface area contributed by atoms with Gasteiger partial charge in [0.1, 0.15) is 5.82 Å². The number of hydrogen-bond donors (Lipinski definition) is 3. The van der Waals surface area contributed by atoms with Crippen LogP contribution in [0.2, 0.25) is 0 Å². The lowest BCUT2D eigenvalue weighted by Gasteiger charge is -2.14. The van der Waals surface area contributed by atoms with Gasteiger partial charge in [0.2, 0.25) is 0 Å². The first-order chi connectivity index (χ1) is 17.9. The summed E-state index contributed by atoms with van der Waals surface area (Å²) in [5.74, 6) is 1.13. The molecule has 0 aliphatic heterocycles. The van der Waals surface area contributed by atoms with Crippen molar-refractivity contribution in [2.75, 3.05) is 12.0 Å². The summed E-state index contributed by atoms with van der Waals surface area (Å²) in [6.07, 6.45) is 4.67. The van der Waals surface area contributed by atoms with E-state index in [2.05, 4.69) is 39.9 Å².